The number of thioether (sulfide) groups is 1. The first-order valence-electron chi connectivity index (χ1n) is 6.06. The largest absolute Gasteiger partial charge is 0.319 e. The first kappa shape index (κ1) is 13.6. The lowest BCUT2D eigenvalue weighted by Crippen LogP contribution is -2.18. The van der Waals surface area contributed by atoms with Gasteiger partial charge in [0, 0.05) is 6.54 Å². The van der Waals surface area contributed by atoms with Crippen LogP contribution in [-0.4, -0.2) is 25.1 Å². The highest BCUT2D eigenvalue weighted by atomic mass is 32.2. The van der Waals surface area contributed by atoms with E-state index in [0.29, 0.717) is 5.92 Å². The van der Waals surface area contributed by atoms with Crippen LogP contribution >= 0.6 is 11.8 Å². The normalized spacial score (nSPS) is 12.7. The quantitative estimate of drug-likeness (QED) is 0.729. The van der Waals surface area contributed by atoms with Gasteiger partial charge in [0.15, 0.2) is 0 Å². The Morgan fingerprint density at radius 3 is 2.81 bits per heavy atom. The summed E-state index contributed by atoms with van der Waals surface area (Å²) in [5, 5.41) is 3.30. The molecule has 0 fully saturated rings. The van der Waals surface area contributed by atoms with E-state index in [4.69, 9.17) is 0 Å². The van der Waals surface area contributed by atoms with E-state index in [9.17, 15) is 0 Å². The highest BCUT2D eigenvalue weighted by Crippen LogP contribution is 2.22. The Morgan fingerprint density at radius 1 is 1.38 bits per heavy atom. The third-order valence-electron chi connectivity index (χ3n) is 2.78. The molecular formula is C14H23NS. The van der Waals surface area contributed by atoms with E-state index in [0.717, 1.165) is 6.54 Å². The fourth-order valence-electron chi connectivity index (χ4n) is 1.93. The summed E-state index contributed by atoms with van der Waals surface area (Å²) in [6.07, 6.45) is 1.27. The van der Waals surface area contributed by atoms with Crippen LogP contribution in [0.4, 0.5) is 0 Å². The lowest BCUT2D eigenvalue weighted by Gasteiger charge is -2.17. The molecule has 16 heavy (non-hydrogen) atoms. The van der Waals surface area contributed by atoms with Crippen molar-refractivity contribution < 1.29 is 0 Å². The fraction of sp³-hybridized carbons (Fsp3) is 0.571. The number of likely N-dealkylation sites (N-methyl/N-ethyl adjacent to an activating group) is 1. The SMILES string of the molecule is CCSCCC(CNC)c1cccc(C)c1. The monoisotopic (exact) mass is 237 g/mol. The number of hydrogen-bond donors (Lipinski definition) is 1. The fourth-order valence-corrected chi connectivity index (χ4v) is 2.67. The summed E-state index contributed by atoms with van der Waals surface area (Å²) in [5.41, 5.74) is 2.84. The Labute approximate surface area is 104 Å². The van der Waals surface area contributed by atoms with E-state index in [2.05, 4.69) is 43.4 Å². The van der Waals surface area contributed by atoms with Gasteiger partial charge in [0.25, 0.3) is 0 Å². The lowest BCUT2D eigenvalue weighted by atomic mass is 9.95. The minimum absolute atomic E-state index is 0.656. The second kappa shape index (κ2) is 7.75. The van der Waals surface area contributed by atoms with Gasteiger partial charge in [-0.2, -0.15) is 11.8 Å². The van der Waals surface area contributed by atoms with Crippen molar-refractivity contribution >= 4 is 11.8 Å². The van der Waals surface area contributed by atoms with Gasteiger partial charge < -0.3 is 5.32 Å². The maximum Gasteiger partial charge on any atom is 0.00174 e. The van der Waals surface area contributed by atoms with E-state index in [-0.39, 0.29) is 0 Å². The van der Waals surface area contributed by atoms with Gasteiger partial charge in [-0.3, -0.25) is 0 Å². The molecule has 1 nitrogen and oxygen atoms in total. The van der Waals surface area contributed by atoms with Gasteiger partial charge in [-0.15, -0.1) is 0 Å². The van der Waals surface area contributed by atoms with E-state index < -0.39 is 0 Å². The molecule has 90 valence electrons. The molecular weight excluding hydrogens is 214 g/mol. The van der Waals surface area contributed by atoms with Crippen molar-refractivity contribution in [3.05, 3.63) is 35.4 Å². The number of rotatable bonds is 7. The van der Waals surface area contributed by atoms with Crippen LogP contribution in [0, 0.1) is 6.92 Å². The zero-order chi connectivity index (χ0) is 11.8. The summed E-state index contributed by atoms with van der Waals surface area (Å²) in [7, 11) is 2.04. The van der Waals surface area contributed by atoms with Gasteiger partial charge in [-0.05, 0) is 43.4 Å². The molecule has 2 heteroatoms. The Bertz CT molecular complexity index is 299. The molecule has 1 atom stereocenters. The van der Waals surface area contributed by atoms with Crippen molar-refractivity contribution in [2.45, 2.75) is 26.2 Å². The lowest BCUT2D eigenvalue weighted by molar-refractivity contribution is 0.615. The smallest absolute Gasteiger partial charge is 0.00174 e. The van der Waals surface area contributed by atoms with Crippen molar-refractivity contribution in [1.29, 1.82) is 0 Å². The molecule has 0 aromatic heterocycles. The van der Waals surface area contributed by atoms with Crippen LogP contribution in [0.5, 0.6) is 0 Å². The average Bonchev–Trinajstić information content (AvgIpc) is 2.28. The molecule has 1 aromatic carbocycles. The van der Waals surface area contributed by atoms with Crippen LogP contribution in [0.2, 0.25) is 0 Å². The molecule has 0 radical (unpaired) electrons. The summed E-state index contributed by atoms with van der Waals surface area (Å²) >= 11 is 2.03. The second-order valence-electron chi connectivity index (χ2n) is 4.15. The zero-order valence-electron chi connectivity index (χ0n) is 10.6. The molecule has 1 N–H and O–H groups in total. The van der Waals surface area contributed by atoms with Crippen LogP contribution in [-0.2, 0) is 0 Å². The average molecular weight is 237 g/mol. The minimum Gasteiger partial charge on any atom is -0.319 e. The minimum atomic E-state index is 0.656. The highest BCUT2D eigenvalue weighted by molar-refractivity contribution is 7.99. The van der Waals surface area contributed by atoms with Crippen LogP contribution in [0.3, 0.4) is 0 Å². The second-order valence-corrected chi connectivity index (χ2v) is 5.55. The third-order valence-corrected chi connectivity index (χ3v) is 3.71. The van der Waals surface area contributed by atoms with E-state index >= 15 is 0 Å². The maximum atomic E-state index is 3.30. The summed E-state index contributed by atoms with van der Waals surface area (Å²) in [5.74, 6) is 3.14. The number of hydrogen-bond acceptors (Lipinski definition) is 2. The van der Waals surface area contributed by atoms with Crippen LogP contribution < -0.4 is 5.32 Å². The predicted molar refractivity (Wildman–Crippen MR) is 75.5 cm³/mol. The molecule has 0 saturated carbocycles. The van der Waals surface area contributed by atoms with Crippen molar-refractivity contribution in [2.75, 3.05) is 25.1 Å². The third kappa shape index (κ3) is 4.58. The Hall–Kier alpha value is -0.470. The molecule has 0 bridgehead atoms. The number of nitrogens with one attached hydrogen (secondary N) is 1. The van der Waals surface area contributed by atoms with Crippen molar-refractivity contribution in [3.63, 3.8) is 0 Å². The number of benzene rings is 1. The molecule has 0 amide bonds. The zero-order valence-corrected chi connectivity index (χ0v) is 11.4. The van der Waals surface area contributed by atoms with E-state index in [1.54, 1.807) is 0 Å². The predicted octanol–water partition coefficient (Wildman–Crippen LogP) is 3.44. The molecule has 0 saturated heterocycles. The molecule has 0 spiro atoms. The van der Waals surface area contributed by atoms with E-state index in [1.165, 1.54) is 29.1 Å². The Kier molecular flexibility index (Phi) is 6.58. The maximum absolute atomic E-state index is 3.30. The van der Waals surface area contributed by atoms with Crippen LogP contribution in [0.25, 0.3) is 0 Å². The summed E-state index contributed by atoms with van der Waals surface area (Å²) in [4.78, 5) is 0. The van der Waals surface area contributed by atoms with Crippen LogP contribution in [0.1, 0.15) is 30.4 Å². The summed E-state index contributed by atoms with van der Waals surface area (Å²) < 4.78 is 0. The summed E-state index contributed by atoms with van der Waals surface area (Å²) in [6.45, 7) is 5.47. The van der Waals surface area contributed by atoms with E-state index in [1.807, 2.05) is 18.8 Å². The van der Waals surface area contributed by atoms with Crippen molar-refractivity contribution in [3.8, 4) is 0 Å². The van der Waals surface area contributed by atoms with Gasteiger partial charge in [0.05, 0.1) is 0 Å². The van der Waals surface area contributed by atoms with Gasteiger partial charge >= 0.3 is 0 Å². The van der Waals surface area contributed by atoms with Crippen molar-refractivity contribution in [1.82, 2.24) is 5.32 Å². The van der Waals surface area contributed by atoms with Crippen molar-refractivity contribution in [2.24, 2.45) is 0 Å². The Morgan fingerprint density at radius 2 is 2.19 bits per heavy atom. The highest BCUT2D eigenvalue weighted by Gasteiger charge is 2.10. The summed E-state index contributed by atoms with van der Waals surface area (Å²) in [6, 6.07) is 8.91. The molecule has 1 aromatic rings. The van der Waals surface area contributed by atoms with Gasteiger partial charge in [-0.25, -0.2) is 0 Å². The first-order valence-corrected chi connectivity index (χ1v) is 7.22. The van der Waals surface area contributed by atoms with Crippen LogP contribution in [0.15, 0.2) is 24.3 Å². The topological polar surface area (TPSA) is 12.0 Å². The molecule has 1 rings (SSSR count). The van der Waals surface area contributed by atoms with Gasteiger partial charge in [0.1, 0.15) is 0 Å². The molecule has 0 aliphatic carbocycles. The van der Waals surface area contributed by atoms with Gasteiger partial charge in [0.2, 0.25) is 0 Å². The standard InChI is InChI=1S/C14H23NS/c1-4-16-9-8-14(11-15-3)13-7-5-6-12(2)10-13/h5-7,10,14-15H,4,8-9,11H2,1-3H3. The molecule has 0 aliphatic rings. The molecule has 0 heterocycles. The molecule has 0 aliphatic heterocycles. The Balaban J connectivity index is 2.61. The first-order chi connectivity index (χ1) is 7.77. The number of aryl methyl sites for hydroxylation is 1. The molecule has 1 unspecified atom stereocenters. The van der Waals surface area contributed by atoms with Gasteiger partial charge in [-0.1, -0.05) is 36.8 Å².